The zero-order valence-electron chi connectivity index (χ0n) is 11.0. The van der Waals surface area contributed by atoms with E-state index in [1.165, 1.54) is 0 Å². The Bertz CT molecular complexity index is 407. The average Bonchev–Trinajstić information content (AvgIpc) is 2.28. The van der Waals surface area contributed by atoms with Crippen LogP contribution in [0.25, 0.3) is 0 Å². The van der Waals surface area contributed by atoms with Gasteiger partial charge in [0.05, 0.1) is 0 Å². The molecule has 0 bridgehead atoms. The molecule has 0 radical (unpaired) electrons. The fraction of sp³-hybridized carbons (Fsp3) is 0.250. The number of rotatable bonds is 4. The second kappa shape index (κ2) is 5.53. The van der Waals surface area contributed by atoms with Crippen molar-refractivity contribution in [2.75, 3.05) is 4.90 Å². The number of hydrogen-bond acceptors (Lipinski definition) is 1. The molecule has 17 heavy (non-hydrogen) atoms. The predicted octanol–water partition coefficient (Wildman–Crippen LogP) is 4.55. The van der Waals surface area contributed by atoms with E-state index < -0.39 is 0 Å². The summed E-state index contributed by atoms with van der Waals surface area (Å²) >= 11 is 0. The normalized spacial score (nSPS) is 12.1. The van der Waals surface area contributed by atoms with Crippen LogP contribution in [-0.4, -0.2) is 5.54 Å². The summed E-state index contributed by atoms with van der Waals surface area (Å²) < 4.78 is 0. The molecule has 0 aliphatic rings. The van der Waals surface area contributed by atoms with Crippen molar-refractivity contribution in [3.8, 4) is 0 Å². The summed E-state index contributed by atoms with van der Waals surface area (Å²) in [6.07, 6.45) is 5.63. The molecule has 0 aliphatic heterocycles. The maximum atomic E-state index is 3.88. The van der Waals surface area contributed by atoms with Crippen molar-refractivity contribution in [3.63, 3.8) is 0 Å². The smallest absolute Gasteiger partial charge is 0.0415 e. The van der Waals surface area contributed by atoms with Gasteiger partial charge in [-0.1, -0.05) is 37.4 Å². The Labute approximate surface area is 105 Å². The van der Waals surface area contributed by atoms with Crippen LogP contribution in [0.15, 0.2) is 67.4 Å². The number of para-hydroxylation sites is 1. The molecule has 0 aromatic heterocycles. The van der Waals surface area contributed by atoms with Gasteiger partial charge >= 0.3 is 0 Å². The lowest BCUT2D eigenvalue weighted by atomic mass is 10.0. The molecule has 0 unspecified atom stereocenters. The third-order valence-corrected chi connectivity index (χ3v) is 2.44. The lowest BCUT2D eigenvalue weighted by Crippen LogP contribution is -2.40. The lowest BCUT2D eigenvalue weighted by molar-refractivity contribution is 0.546. The molecule has 0 heterocycles. The molecule has 0 saturated heterocycles. The Kier molecular flexibility index (Phi) is 4.33. The first-order valence-electron chi connectivity index (χ1n) is 5.81. The van der Waals surface area contributed by atoms with Crippen molar-refractivity contribution in [2.45, 2.75) is 26.3 Å². The summed E-state index contributed by atoms with van der Waals surface area (Å²) in [5.41, 5.74) is 2.20. The van der Waals surface area contributed by atoms with E-state index in [0.717, 1.165) is 11.4 Å². The van der Waals surface area contributed by atoms with E-state index >= 15 is 0 Å². The van der Waals surface area contributed by atoms with Crippen molar-refractivity contribution in [1.29, 1.82) is 0 Å². The summed E-state index contributed by atoms with van der Waals surface area (Å²) in [6.45, 7) is 14.2. The van der Waals surface area contributed by atoms with Crippen LogP contribution in [0.2, 0.25) is 0 Å². The second-order valence-corrected chi connectivity index (χ2v) is 4.87. The molecule has 1 nitrogen and oxygen atoms in total. The molecule has 0 saturated carbocycles. The number of anilines is 1. The van der Waals surface area contributed by atoms with Gasteiger partial charge in [-0.15, -0.1) is 0 Å². The van der Waals surface area contributed by atoms with Gasteiger partial charge in [-0.25, -0.2) is 0 Å². The molecule has 1 rings (SSSR count). The molecule has 0 aliphatic carbocycles. The fourth-order valence-electron chi connectivity index (χ4n) is 1.86. The topological polar surface area (TPSA) is 3.24 Å². The standard InChI is InChI=1S/C16H21N/c1-6-11-14(7-2)17(16(3,4)5)15-12-9-8-10-13-15/h6-13H,1-2H2,3-5H3/b14-11+. The van der Waals surface area contributed by atoms with Crippen LogP contribution in [0.5, 0.6) is 0 Å². The highest BCUT2D eigenvalue weighted by Crippen LogP contribution is 2.28. The van der Waals surface area contributed by atoms with Gasteiger partial charge < -0.3 is 4.90 Å². The summed E-state index contributed by atoms with van der Waals surface area (Å²) in [7, 11) is 0. The van der Waals surface area contributed by atoms with E-state index in [2.05, 4.69) is 51.0 Å². The first-order chi connectivity index (χ1) is 8.00. The largest absolute Gasteiger partial charge is 0.336 e. The van der Waals surface area contributed by atoms with Crippen LogP contribution >= 0.6 is 0 Å². The van der Waals surface area contributed by atoms with Crippen LogP contribution in [0.4, 0.5) is 5.69 Å². The maximum absolute atomic E-state index is 3.88. The van der Waals surface area contributed by atoms with Gasteiger partial charge in [0, 0.05) is 16.9 Å². The zero-order chi connectivity index (χ0) is 12.9. The van der Waals surface area contributed by atoms with Crippen molar-refractivity contribution < 1.29 is 0 Å². The van der Waals surface area contributed by atoms with E-state index in [4.69, 9.17) is 0 Å². The summed E-state index contributed by atoms with van der Waals surface area (Å²) in [5.74, 6) is 0. The van der Waals surface area contributed by atoms with Crippen LogP contribution in [0, 0.1) is 0 Å². The number of benzene rings is 1. The Morgan fingerprint density at radius 3 is 2.12 bits per heavy atom. The van der Waals surface area contributed by atoms with Crippen LogP contribution < -0.4 is 4.90 Å². The molecule has 0 fully saturated rings. The highest BCUT2D eigenvalue weighted by atomic mass is 15.2. The summed E-state index contributed by atoms with van der Waals surface area (Å²) in [6, 6.07) is 10.3. The van der Waals surface area contributed by atoms with Crippen LogP contribution in [0.1, 0.15) is 20.8 Å². The fourth-order valence-corrected chi connectivity index (χ4v) is 1.86. The number of nitrogens with zero attached hydrogens (tertiary/aromatic N) is 1. The molecule has 0 atom stereocenters. The van der Waals surface area contributed by atoms with E-state index in [0.29, 0.717) is 0 Å². The summed E-state index contributed by atoms with van der Waals surface area (Å²) in [4.78, 5) is 2.25. The Morgan fingerprint density at radius 1 is 1.12 bits per heavy atom. The molecule has 0 amide bonds. The highest BCUT2D eigenvalue weighted by molar-refractivity contribution is 5.57. The first kappa shape index (κ1) is 13.3. The molecule has 90 valence electrons. The van der Waals surface area contributed by atoms with Crippen molar-refractivity contribution in [1.82, 2.24) is 0 Å². The highest BCUT2D eigenvalue weighted by Gasteiger charge is 2.23. The predicted molar refractivity (Wildman–Crippen MR) is 77.2 cm³/mol. The minimum absolute atomic E-state index is 0.00954. The molecule has 1 aromatic carbocycles. The van der Waals surface area contributed by atoms with E-state index in [9.17, 15) is 0 Å². The monoisotopic (exact) mass is 227 g/mol. The van der Waals surface area contributed by atoms with Gasteiger partial charge in [-0.3, -0.25) is 0 Å². The van der Waals surface area contributed by atoms with Gasteiger partial charge in [0.1, 0.15) is 0 Å². The number of allylic oxidation sites excluding steroid dienone is 3. The van der Waals surface area contributed by atoms with Crippen LogP contribution in [0.3, 0.4) is 0 Å². The van der Waals surface area contributed by atoms with E-state index in [1.54, 1.807) is 6.08 Å². The third-order valence-electron chi connectivity index (χ3n) is 2.44. The third kappa shape index (κ3) is 3.35. The Morgan fingerprint density at radius 2 is 1.71 bits per heavy atom. The van der Waals surface area contributed by atoms with Crippen molar-refractivity contribution >= 4 is 5.69 Å². The second-order valence-electron chi connectivity index (χ2n) is 4.87. The van der Waals surface area contributed by atoms with Crippen molar-refractivity contribution in [2.24, 2.45) is 0 Å². The van der Waals surface area contributed by atoms with Gasteiger partial charge in [-0.05, 0) is 45.1 Å². The molecule has 0 N–H and O–H groups in total. The van der Waals surface area contributed by atoms with Gasteiger partial charge in [-0.2, -0.15) is 0 Å². The molecular formula is C16H21N. The van der Waals surface area contributed by atoms with Crippen molar-refractivity contribution in [3.05, 3.63) is 67.4 Å². The zero-order valence-corrected chi connectivity index (χ0v) is 11.0. The molecule has 1 aromatic rings. The first-order valence-corrected chi connectivity index (χ1v) is 5.81. The van der Waals surface area contributed by atoms with E-state index in [1.807, 2.05) is 30.4 Å². The minimum atomic E-state index is -0.00954. The minimum Gasteiger partial charge on any atom is -0.336 e. The van der Waals surface area contributed by atoms with Crippen LogP contribution in [-0.2, 0) is 0 Å². The summed E-state index contributed by atoms with van der Waals surface area (Å²) in [5, 5.41) is 0. The van der Waals surface area contributed by atoms with Gasteiger partial charge in [0.25, 0.3) is 0 Å². The lowest BCUT2D eigenvalue weighted by Gasteiger charge is -2.38. The number of hydrogen-bond donors (Lipinski definition) is 0. The SMILES string of the molecule is C=C/C=C(\C=C)N(c1ccccc1)C(C)(C)C. The molecule has 0 spiro atoms. The molecular weight excluding hydrogens is 206 g/mol. The quantitative estimate of drug-likeness (QED) is 0.682. The molecule has 1 heteroatoms. The van der Waals surface area contributed by atoms with E-state index in [-0.39, 0.29) is 5.54 Å². The maximum Gasteiger partial charge on any atom is 0.0415 e. The van der Waals surface area contributed by atoms with Gasteiger partial charge in [0.2, 0.25) is 0 Å². The average molecular weight is 227 g/mol. The van der Waals surface area contributed by atoms with Gasteiger partial charge in [0.15, 0.2) is 0 Å². The Hall–Kier alpha value is -1.76. The Balaban J connectivity index is 3.27.